The predicted molar refractivity (Wildman–Crippen MR) is 261 cm³/mol. The highest BCUT2D eigenvalue weighted by molar-refractivity contribution is 5.71. The zero-order valence-corrected chi connectivity index (χ0v) is 40.2. The van der Waals surface area contributed by atoms with Gasteiger partial charge in [0, 0.05) is 19.3 Å². The highest BCUT2D eigenvalue weighted by Gasteiger charge is 2.19. The summed E-state index contributed by atoms with van der Waals surface area (Å²) in [6.45, 7) is 6.48. The molecule has 0 heterocycles. The molecule has 1 atom stereocenters. The fourth-order valence-electron chi connectivity index (χ4n) is 7.09. The Kier molecular flexibility index (Phi) is 47.4. The van der Waals surface area contributed by atoms with Crippen LogP contribution >= 0.6 is 0 Å². The number of unbranched alkanes of at least 4 members (excludes halogenated alkanes) is 25. The van der Waals surface area contributed by atoms with Crippen molar-refractivity contribution in [3.8, 4) is 0 Å². The summed E-state index contributed by atoms with van der Waals surface area (Å²) in [5, 5.41) is 0. The van der Waals surface area contributed by atoms with Crippen LogP contribution in [0.25, 0.3) is 0 Å². The lowest BCUT2D eigenvalue weighted by atomic mass is 10.1. The highest BCUT2D eigenvalue weighted by atomic mass is 16.6. The van der Waals surface area contributed by atoms with Gasteiger partial charge in [-0.25, -0.2) is 0 Å². The first-order chi connectivity index (χ1) is 30.0. The second-order valence-electron chi connectivity index (χ2n) is 17.0. The molecule has 0 aromatic carbocycles. The van der Waals surface area contributed by atoms with Gasteiger partial charge in [-0.1, -0.05) is 191 Å². The van der Waals surface area contributed by atoms with Crippen molar-refractivity contribution in [1.29, 1.82) is 0 Å². The van der Waals surface area contributed by atoms with Crippen molar-refractivity contribution in [2.75, 3.05) is 13.2 Å². The lowest BCUT2D eigenvalue weighted by Crippen LogP contribution is -2.30. The topological polar surface area (TPSA) is 78.9 Å². The first-order valence-electron chi connectivity index (χ1n) is 25.8. The van der Waals surface area contributed by atoms with Crippen LogP contribution in [0.2, 0.25) is 0 Å². The minimum Gasteiger partial charge on any atom is -0.462 e. The number of rotatable bonds is 46. The van der Waals surface area contributed by atoms with E-state index in [0.29, 0.717) is 19.3 Å². The number of ether oxygens (including phenoxy) is 3. The Bertz CT molecular complexity index is 1120. The first kappa shape index (κ1) is 58.1. The second-order valence-corrected chi connectivity index (χ2v) is 17.0. The van der Waals surface area contributed by atoms with Gasteiger partial charge in [-0.3, -0.25) is 14.4 Å². The Balaban J connectivity index is 4.43. The molecule has 0 aromatic heterocycles. The van der Waals surface area contributed by atoms with Crippen LogP contribution in [0.1, 0.15) is 252 Å². The van der Waals surface area contributed by atoms with Crippen LogP contribution in [0.4, 0.5) is 0 Å². The fourth-order valence-corrected chi connectivity index (χ4v) is 7.09. The van der Waals surface area contributed by atoms with Gasteiger partial charge in [0.15, 0.2) is 6.10 Å². The molecule has 0 aromatic rings. The van der Waals surface area contributed by atoms with E-state index in [-0.39, 0.29) is 31.1 Å². The van der Waals surface area contributed by atoms with Crippen LogP contribution in [0.3, 0.4) is 0 Å². The summed E-state index contributed by atoms with van der Waals surface area (Å²) in [5.74, 6) is -0.918. The van der Waals surface area contributed by atoms with Gasteiger partial charge < -0.3 is 14.2 Å². The van der Waals surface area contributed by atoms with Gasteiger partial charge in [0.05, 0.1) is 0 Å². The summed E-state index contributed by atoms with van der Waals surface area (Å²) in [4.78, 5) is 38.0. The smallest absolute Gasteiger partial charge is 0.306 e. The summed E-state index contributed by atoms with van der Waals surface area (Å²) in [6.07, 6.45) is 60.5. The monoisotopic (exact) mass is 853 g/mol. The van der Waals surface area contributed by atoms with E-state index in [0.717, 1.165) is 116 Å². The summed E-state index contributed by atoms with van der Waals surface area (Å²) >= 11 is 0. The minimum absolute atomic E-state index is 0.0873. The van der Waals surface area contributed by atoms with Gasteiger partial charge >= 0.3 is 17.9 Å². The Morgan fingerprint density at radius 2 is 0.639 bits per heavy atom. The molecule has 0 aliphatic carbocycles. The maximum Gasteiger partial charge on any atom is 0.306 e. The van der Waals surface area contributed by atoms with E-state index in [1.54, 1.807) is 0 Å². The van der Waals surface area contributed by atoms with E-state index in [1.165, 1.54) is 96.3 Å². The van der Waals surface area contributed by atoms with E-state index < -0.39 is 6.10 Å². The van der Waals surface area contributed by atoms with Gasteiger partial charge in [0.2, 0.25) is 0 Å². The molecule has 352 valence electrons. The zero-order valence-electron chi connectivity index (χ0n) is 40.2. The van der Waals surface area contributed by atoms with Crippen LogP contribution < -0.4 is 0 Å². The van der Waals surface area contributed by atoms with Gasteiger partial charge in [-0.2, -0.15) is 0 Å². The van der Waals surface area contributed by atoms with Crippen molar-refractivity contribution in [2.24, 2.45) is 0 Å². The molecule has 0 amide bonds. The fraction of sp³-hybridized carbons (Fsp3) is 0.764. The molecule has 6 nitrogen and oxygen atoms in total. The molecule has 0 unspecified atom stereocenters. The molecule has 6 heteroatoms. The van der Waals surface area contributed by atoms with Gasteiger partial charge in [0.25, 0.3) is 0 Å². The van der Waals surface area contributed by atoms with Crippen molar-refractivity contribution in [3.05, 3.63) is 60.8 Å². The van der Waals surface area contributed by atoms with Crippen LogP contribution in [0, 0.1) is 0 Å². The van der Waals surface area contributed by atoms with E-state index in [9.17, 15) is 14.4 Å². The predicted octanol–water partition coefficient (Wildman–Crippen LogP) is 16.9. The van der Waals surface area contributed by atoms with Gasteiger partial charge in [0.1, 0.15) is 13.2 Å². The maximum atomic E-state index is 12.8. The number of hydrogen-bond donors (Lipinski definition) is 0. The van der Waals surface area contributed by atoms with Gasteiger partial charge in [-0.15, -0.1) is 0 Å². The third-order valence-electron chi connectivity index (χ3n) is 11.0. The summed E-state index contributed by atoms with van der Waals surface area (Å²) in [6, 6.07) is 0. The Labute approximate surface area is 377 Å². The van der Waals surface area contributed by atoms with Crippen LogP contribution in [-0.2, 0) is 28.6 Å². The molecule has 0 saturated carbocycles. The molecule has 0 saturated heterocycles. The second kappa shape index (κ2) is 49.8. The number of carbonyl (C=O) groups excluding carboxylic acids is 3. The molecule has 0 aliphatic heterocycles. The number of allylic oxidation sites excluding steroid dienone is 10. The van der Waals surface area contributed by atoms with Crippen molar-refractivity contribution in [3.63, 3.8) is 0 Å². The van der Waals surface area contributed by atoms with E-state index >= 15 is 0 Å². The molecule has 0 aliphatic rings. The van der Waals surface area contributed by atoms with E-state index in [4.69, 9.17) is 14.2 Å². The number of esters is 3. The third-order valence-corrected chi connectivity index (χ3v) is 11.0. The molecular weight excluding hydrogens is 757 g/mol. The summed E-state index contributed by atoms with van der Waals surface area (Å²) < 4.78 is 16.8. The SMILES string of the molecule is CC/C=C\C/C=C\C/C=C\CCCCCCCC(=O)OC[C@H](COC(=O)CCCCCCC/C=C\CCCCCC)OC(=O)CCCCCCC/C=C\CCCCCCCC. The lowest BCUT2D eigenvalue weighted by molar-refractivity contribution is -0.167. The Morgan fingerprint density at radius 1 is 0.344 bits per heavy atom. The number of hydrogen-bond acceptors (Lipinski definition) is 6. The van der Waals surface area contributed by atoms with Crippen LogP contribution in [0.15, 0.2) is 60.8 Å². The minimum atomic E-state index is -0.787. The average Bonchev–Trinajstić information content (AvgIpc) is 3.26. The maximum absolute atomic E-state index is 12.8. The Hall–Kier alpha value is -2.89. The van der Waals surface area contributed by atoms with E-state index in [1.807, 2.05) is 0 Å². The van der Waals surface area contributed by atoms with Crippen molar-refractivity contribution >= 4 is 17.9 Å². The average molecular weight is 853 g/mol. The zero-order chi connectivity index (χ0) is 44.4. The van der Waals surface area contributed by atoms with Crippen LogP contribution in [-0.4, -0.2) is 37.2 Å². The third kappa shape index (κ3) is 48.0. The molecule has 0 fully saturated rings. The molecule has 61 heavy (non-hydrogen) atoms. The highest BCUT2D eigenvalue weighted by Crippen LogP contribution is 2.14. The summed E-state index contributed by atoms with van der Waals surface area (Å²) in [7, 11) is 0. The first-order valence-corrected chi connectivity index (χ1v) is 25.8. The molecule has 0 spiro atoms. The van der Waals surface area contributed by atoms with Crippen LogP contribution in [0.5, 0.6) is 0 Å². The number of carbonyl (C=O) groups is 3. The molecule has 0 radical (unpaired) electrons. The van der Waals surface area contributed by atoms with Crippen molar-refractivity contribution in [1.82, 2.24) is 0 Å². The quantitative estimate of drug-likeness (QED) is 0.0263. The van der Waals surface area contributed by atoms with Gasteiger partial charge in [-0.05, 0) is 103 Å². The molecule has 0 N–H and O–H groups in total. The summed E-state index contributed by atoms with van der Waals surface area (Å²) in [5.41, 5.74) is 0. The van der Waals surface area contributed by atoms with Crippen molar-refractivity contribution in [2.45, 2.75) is 258 Å². The largest absolute Gasteiger partial charge is 0.462 e. The molecule has 0 rings (SSSR count). The van der Waals surface area contributed by atoms with Crippen molar-refractivity contribution < 1.29 is 28.6 Å². The normalized spacial score (nSPS) is 12.5. The van der Waals surface area contributed by atoms with E-state index in [2.05, 4.69) is 81.5 Å². The lowest BCUT2D eigenvalue weighted by Gasteiger charge is -2.18. The molecular formula is C55H96O6. The molecule has 0 bridgehead atoms. The Morgan fingerprint density at radius 3 is 1.03 bits per heavy atom. The standard InChI is InChI=1S/C55H96O6/c1-4-7-10-13-16-19-22-25-27-30-33-36-39-42-45-48-54(57)60-51-52(50-59-53(56)47-44-41-38-35-32-29-24-21-18-15-12-9-6-3)61-55(58)49-46-43-40-37-34-31-28-26-23-20-17-14-11-8-5-2/h7,10,16,19,21,24-28,52H,4-6,8-9,11-15,17-18,20,22-23,29-51H2,1-3H3/b10-7-,19-16-,24-21-,27-25-,28-26-/t52-/m0/s1.